The lowest BCUT2D eigenvalue weighted by Gasteiger charge is -2.45. The van der Waals surface area contributed by atoms with Crippen LogP contribution in [0.1, 0.15) is 54.4 Å². The Hall–Kier alpha value is -1.76. The molecule has 0 aliphatic rings. The molecule has 33 heavy (non-hydrogen) atoms. The van der Waals surface area contributed by atoms with Crippen LogP contribution in [0.5, 0.6) is 0 Å². The summed E-state index contributed by atoms with van der Waals surface area (Å²) in [6.07, 6.45) is 2.86. The van der Waals surface area contributed by atoms with E-state index in [1.807, 2.05) is 13.8 Å². The van der Waals surface area contributed by atoms with Crippen LogP contribution >= 0.6 is 0 Å². The van der Waals surface area contributed by atoms with E-state index in [4.69, 9.17) is 13.9 Å². The third-order valence-corrected chi connectivity index (χ3v) is 11.0. The molecule has 0 fully saturated rings. The summed E-state index contributed by atoms with van der Waals surface area (Å²) in [5.41, 5.74) is 1.14. The molecular weight excluding hydrogens is 428 g/mol. The number of ether oxygens (including phenoxy) is 2. The van der Waals surface area contributed by atoms with Gasteiger partial charge in [0.2, 0.25) is 0 Å². The number of aliphatic hydroxyl groups excluding tert-OH is 1. The molecule has 0 amide bonds. The van der Waals surface area contributed by atoms with E-state index in [9.17, 15) is 5.11 Å². The van der Waals surface area contributed by atoms with Gasteiger partial charge in [0.25, 0.3) is 8.32 Å². The Labute approximate surface area is 201 Å². The molecule has 0 bridgehead atoms. The van der Waals surface area contributed by atoms with Crippen LogP contribution in [0, 0.1) is 0 Å². The van der Waals surface area contributed by atoms with Gasteiger partial charge in [0.15, 0.2) is 0 Å². The molecule has 2 rings (SSSR count). The molecule has 1 N–H and O–H groups in total. The third kappa shape index (κ3) is 7.62. The van der Waals surface area contributed by atoms with E-state index in [0.29, 0.717) is 6.42 Å². The Kier molecular flexibility index (Phi) is 10.5. The number of hydrogen-bond acceptors (Lipinski definition) is 4. The molecule has 0 heterocycles. The first kappa shape index (κ1) is 27.5. The van der Waals surface area contributed by atoms with E-state index in [1.165, 1.54) is 10.4 Å². The van der Waals surface area contributed by atoms with Crippen LogP contribution in [0.4, 0.5) is 0 Å². The van der Waals surface area contributed by atoms with E-state index < -0.39 is 14.4 Å². The van der Waals surface area contributed by atoms with Gasteiger partial charge in [-0.2, -0.15) is 0 Å². The van der Waals surface area contributed by atoms with Crippen molar-refractivity contribution in [1.82, 2.24) is 0 Å². The maximum absolute atomic E-state index is 10.1. The molecular formula is C28H42O4Si. The van der Waals surface area contributed by atoms with Crippen LogP contribution in [0.15, 0.2) is 72.3 Å². The molecule has 2 aromatic carbocycles. The molecule has 0 aromatic heterocycles. The number of hydrogen-bond donors (Lipinski definition) is 1. The second kappa shape index (κ2) is 12.6. The van der Waals surface area contributed by atoms with Gasteiger partial charge >= 0.3 is 0 Å². The van der Waals surface area contributed by atoms with Crippen LogP contribution in [-0.4, -0.2) is 45.6 Å². The second-order valence-corrected chi connectivity index (χ2v) is 14.2. The first-order valence-electron chi connectivity index (χ1n) is 11.9. The zero-order valence-corrected chi connectivity index (χ0v) is 22.4. The summed E-state index contributed by atoms with van der Waals surface area (Å²) < 4.78 is 17.9. The van der Waals surface area contributed by atoms with Crippen molar-refractivity contribution in [2.45, 2.75) is 77.7 Å². The van der Waals surface area contributed by atoms with Crippen molar-refractivity contribution in [3.05, 3.63) is 72.3 Å². The maximum atomic E-state index is 10.1. The molecule has 0 spiro atoms. The molecule has 0 radical (unpaired) electrons. The van der Waals surface area contributed by atoms with Crippen LogP contribution in [0.25, 0.3) is 0 Å². The molecule has 5 heteroatoms. The highest BCUT2D eigenvalue weighted by molar-refractivity contribution is 6.99. The van der Waals surface area contributed by atoms with Gasteiger partial charge in [-0.3, -0.25) is 0 Å². The first-order chi connectivity index (χ1) is 15.6. The smallest absolute Gasteiger partial charge is 0.261 e. The Morgan fingerprint density at radius 1 is 0.909 bits per heavy atom. The van der Waals surface area contributed by atoms with E-state index in [-0.39, 0.29) is 24.0 Å². The lowest BCUT2D eigenvalue weighted by molar-refractivity contribution is -0.0498. The fourth-order valence-corrected chi connectivity index (χ4v) is 9.26. The normalized spacial score (nSPS) is 15.8. The van der Waals surface area contributed by atoms with Gasteiger partial charge < -0.3 is 19.0 Å². The lowest BCUT2D eigenvalue weighted by Crippen LogP contribution is -2.67. The van der Waals surface area contributed by atoms with Crippen LogP contribution in [0.2, 0.25) is 5.04 Å². The highest BCUT2D eigenvalue weighted by Crippen LogP contribution is 2.38. The topological polar surface area (TPSA) is 47.9 Å². The largest absolute Gasteiger partial charge is 0.404 e. The number of aliphatic hydroxyl groups is 1. The monoisotopic (exact) mass is 470 g/mol. The summed E-state index contributed by atoms with van der Waals surface area (Å²) in [5, 5.41) is 12.6. The minimum atomic E-state index is -2.62. The quantitative estimate of drug-likeness (QED) is 0.268. The van der Waals surface area contributed by atoms with Gasteiger partial charge in [-0.15, -0.1) is 0 Å². The van der Waals surface area contributed by atoms with Gasteiger partial charge in [0.1, 0.15) is 6.79 Å². The van der Waals surface area contributed by atoms with Crippen molar-refractivity contribution < 1.29 is 19.0 Å². The standard InChI is InChI=1S/C28H42O4Si/c1-22(29)18-25(19-23(2)31-21-30-7)20-24(3)32-33(28(4,5)6,26-14-10-8-11-15-26)27-16-12-9-13-17-27/h8-17,19,22-24,29H,18,20-21H2,1-7H3/b25-19+/t22-,23-,24-/m0/s1. The van der Waals surface area contributed by atoms with Gasteiger partial charge in [-0.1, -0.05) is 93.1 Å². The zero-order valence-electron chi connectivity index (χ0n) is 21.4. The fourth-order valence-electron chi connectivity index (χ4n) is 4.56. The highest BCUT2D eigenvalue weighted by Gasteiger charge is 2.51. The summed E-state index contributed by atoms with van der Waals surface area (Å²) >= 11 is 0. The predicted molar refractivity (Wildman–Crippen MR) is 140 cm³/mol. The van der Waals surface area contributed by atoms with E-state index in [2.05, 4.69) is 94.4 Å². The lowest BCUT2D eigenvalue weighted by atomic mass is 10.0. The number of benzene rings is 2. The Morgan fingerprint density at radius 2 is 1.42 bits per heavy atom. The molecule has 0 unspecified atom stereocenters. The molecule has 0 aliphatic carbocycles. The first-order valence-corrected chi connectivity index (χ1v) is 13.8. The van der Waals surface area contributed by atoms with E-state index in [0.717, 1.165) is 12.0 Å². The van der Waals surface area contributed by atoms with Gasteiger partial charge in [-0.05, 0) is 49.0 Å². The van der Waals surface area contributed by atoms with Crippen LogP contribution in [-0.2, 0) is 13.9 Å². The third-order valence-electron chi connectivity index (χ3n) is 5.82. The minimum absolute atomic E-state index is 0.0315. The number of rotatable bonds is 12. The molecule has 0 aliphatic heterocycles. The maximum Gasteiger partial charge on any atom is 0.261 e. The summed E-state index contributed by atoms with van der Waals surface area (Å²) in [5.74, 6) is 0. The summed E-state index contributed by atoms with van der Waals surface area (Å²) in [4.78, 5) is 0. The van der Waals surface area contributed by atoms with E-state index >= 15 is 0 Å². The Morgan fingerprint density at radius 3 is 1.85 bits per heavy atom. The highest BCUT2D eigenvalue weighted by atomic mass is 28.4. The van der Waals surface area contributed by atoms with Crippen molar-refractivity contribution in [2.24, 2.45) is 0 Å². The van der Waals surface area contributed by atoms with E-state index in [1.54, 1.807) is 7.11 Å². The van der Waals surface area contributed by atoms with Crippen molar-refractivity contribution in [1.29, 1.82) is 0 Å². The second-order valence-electron chi connectivity index (χ2n) is 9.95. The summed E-state index contributed by atoms with van der Waals surface area (Å²) in [6, 6.07) is 21.4. The SMILES string of the molecule is COCO[C@@H](C)/C=C(\C[C@H](C)O)C[C@H](C)O[Si](c1ccccc1)(c1ccccc1)C(C)(C)C. The molecule has 4 nitrogen and oxygen atoms in total. The van der Waals surface area contributed by atoms with Crippen molar-refractivity contribution in [3.63, 3.8) is 0 Å². The predicted octanol–water partition coefficient (Wildman–Crippen LogP) is 5.05. The van der Waals surface area contributed by atoms with Crippen LogP contribution < -0.4 is 10.4 Å². The Bertz CT molecular complexity index is 804. The summed E-state index contributed by atoms with van der Waals surface area (Å²) in [6.45, 7) is 13.1. The molecule has 3 atom stereocenters. The molecule has 2 aromatic rings. The Balaban J connectivity index is 2.44. The van der Waals surface area contributed by atoms with Gasteiger partial charge in [0, 0.05) is 13.2 Å². The summed E-state index contributed by atoms with van der Waals surface area (Å²) in [7, 11) is -1.00. The number of methoxy groups -OCH3 is 1. The van der Waals surface area contributed by atoms with Crippen molar-refractivity contribution in [3.8, 4) is 0 Å². The molecule has 0 saturated carbocycles. The van der Waals surface area contributed by atoms with Crippen molar-refractivity contribution >= 4 is 18.7 Å². The average molecular weight is 471 g/mol. The molecule has 0 saturated heterocycles. The minimum Gasteiger partial charge on any atom is -0.404 e. The average Bonchev–Trinajstić information content (AvgIpc) is 2.76. The van der Waals surface area contributed by atoms with Gasteiger partial charge in [0.05, 0.1) is 12.2 Å². The van der Waals surface area contributed by atoms with Crippen molar-refractivity contribution in [2.75, 3.05) is 13.9 Å². The van der Waals surface area contributed by atoms with Crippen LogP contribution in [0.3, 0.4) is 0 Å². The fraction of sp³-hybridized carbons (Fsp3) is 0.500. The zero-order chi connectivity index (χ0) is 24.5. The van der Waals surface area contributed by atoms with Gasteiger partial charge in [-0.25, -0.2) is 0 Å². The molecule has 182 valence electrons.